The van der Waals surface area contributed by atoms with Crippen LogP contribution >= 0.6 is 0 Å². The molecule has 7 nitrogen and oxygen atoms in total. The van der Waals surface area contributed by atoms with Crippen molar-refractivity contribution in [3.63, 3.8) is 0 Å². The molecule has 0 aliphatic carbocycles. The van der Waals surface area contributed by atoms with E-state index >= 15 is 0 Å². The molecule has 0 saturated heterocycles. The van der Waals surface area contributed by atoms with Crippen molar-refractivity contribution in [1.29, 1.82) is 0 Å². The molecule has 1 atom stereocenters. The van der Waals surface area contributed by atoms with Crippen LogP contribution in [-0.4, -0.2) is 38.4 Å². The second kappa shape index (κ2) is 6.19. The van der Waals surface area contributed by atoms with Gasteiger partial charge < -0.3 is 20.7 Å². The molecule has 0 fully saturated rings. The second-order valence-corrected chi connectivity index (χ2v) is 3.62. The first kappa shape index (κ1) is 12.6. The van der Waals surface area contributed by atoms with Crippen molar-refractivity contribution in [2.75, 3.05) is 6.54 Å². The highest BCUT2D eigenvalue weighted by atomic mass is 16.4. The molecule has 0 saturated carbocycles. The number of carboxylic acid groups (broad SMARTS) is 1. The first-order valence-electron chi connectivity index (χ1n) is 5.13. The Hall–Kier alpha value is -1.47. The number of hydrogen-bond donors (Lipinski definition) is 3. The van der Waals surface area contributed by atoms with E-state index in [1.807, 2.05) is 11.6 Å². The van der Waals surface area contributed by atoms with Crippen LogP contribution in [0.5, 0.6) is 0 Å². The number of aromatic nitrogens is 3. The van der Waals surface area contributed by atoms with Gasteiger partial charge in [0.2, 0.25) is 0 Å². The summed E-state index contributed by atoms with van der Waals surface area (Å²) in [5.41, 5.74) is 5.36. The van der Waals surface area contributed by atoms with Gasteiger partial charge in [0.05, 0.1) is 6.54 Å². The highest BCUT2D eigenvalue weighted by Gasteiger charge is 2.09. The highest BCUT2D eigenvalue weighted by molar-refractivity contribution is 5.72. The van der Waals surface area contributed by atoms with Gasteiger partial charge in [0, 0.05) is 7.05 Å². The van der Waals surface area contributed by atoms with E-state index in [4.69, 9.17) is 10.8 Å². The van der Waals surface area contributed by atoms with Gasteiger partial charge in [-0.15, -0.1) is 10.2 Å². The van der Waals surface area contributed by atoms with Crippen LogP contribution in [0, 0.1) is 0 Å². The number of hydrogen-bond acceptors (Lipinski definition) is 5. The largest absolute Gasteiger partial charge is 0.480 e. The van der Waals surface area contributed by atoms with Gasteiger partial charge in [-0.05, 0) is 19.4 Å². The third kappa shape index (κ3) is 3.95. The zero-order valence-corrected chi connectivity index (χ0v) is 9.26. The van der Waals surface area contributed by atoms with Crippen molar-refractivity contribution >= 4 is 5.97 Å². The van der Waals surface area contributed by atoms with Crippen LogP contribution < -0.4 is 11.1 Å². The van der Waals surface area contributed by atoms with Crippen LogP contribution in [0.15, 0.2) is 6.33 Å². The van der Waals surface area contributed by atoms with Gasteiger partial charge in [0.25, 0.3) is 0 Å². The summed E-state index contributed by atoms with van der Waals surface area (Å²) in [6.07, 6.45) is 2.84. The fourth-order valence-electron chi connectivity index (χ4n) is 1.24. The van der Waals surface area contributed by atoms with Crippen molar-refractivity contribution in [3.05, 3.63) is 12.2 Å². The van der Waals surface area contributed by atoms with Gasteiger partial charge in [0.1, 0.15) is 18.2 Å². The Morgan fingerprint density at radius 1 is 1.75 bits per heavy atom. The molecule has 1 aromatic rings. The lowest BCUT2D eigenvalue weighted by Gasteiger charge is -2.06. The van der Waals surface area contributed by atoms with Crippen LogP contribution in [0.3, 0.4) is 0 Å². The van der Waals surface area contributed by atoms with Crippen molar-refractivity contribution < 1.29 is 9.90 Å². The standard InChI is InChI=1S/C9H17N5O2/c1-14-6-12-13-8(14)5-11-4-2-3-7(10)9(15)16/h6-7,11H,2-5,10H2,1H3,(H,15,16). The fourth-order valence-corrected chi connectivity index (χ4v) is 1.24. The number of carbonyl (C=O) groups is 1. The molecule has 16 heavy (non-hydrogen) atoms. The zero-order chi connectivity index (χ0) is 12.0. The number of nitrogens with two attached hydrogens (primary N) is 1. The van der Waals surface area contributed by atoms with Gasteiger partial charge in [-0.25, -0.2) is 0 Å². The molecule has 1 rings (SSSR count). The minimum absolute atomic E-state index is 0.473. The maximum atomic E-state index is 10.4. The molecule has 0 bridgehead atoms. The molecule has 0 aliphatic rings. The van der Waals surface area contributed by atoms with E-state index in [0.29, 0.717) is 19.5 Å². The highest BCUT2D eigenvalue weighted by Crippen LogP contribution is 1.94. The average molecular weight is 227 g/mol. The van der Waals surface area contributed by atoms with Crippen molar-refractivity contribution in [2.45, 2.75) is 25.4 Å². The summed E-state index contributed by atoms with van der Waals surface area (Å²) in [5.74, 6) is -0.101. The summed E-state index contributed by atoms with van der Waals surface area (Å²) < 4.78 is 1.83. The van der Waals surface area contributed by atoms with Crippen LogP contribution in [0.1, 0.15) is 18.7 Å². The smallest absolute Gasteiger partial charge is 0.320 e. The first-order valence-corrected chi connectivity index (χ1v) is 5.13. The third-order valence-electron chi connectivity index (χ3n) is 2.27. The number of aliphatic carboxylic acids is 1. The van der Waals surface area contributed by atoms with Crippen molar-refractivity contribution in [2.24, 2.45) is 12.8 Å². The summed E-state index contributed by atoms with van der Waals surface area (Å²) in [6.45, 7) is 1.34. The fraction of sp³-hybridized carbons (Fsp3) is 0.667. The Morgan fingerprint density at radius 3 is 3.06 bits per heavy atom. The predicted molar refractivity (Wildman–Crippen MR) is 57.6 cm³/mol. The third-order valence-corrected chi connectivity index (χ3v) is 2.27. The quantitative estimate of drug-likeness (QED) is 0.521. The molecule has 0 radical (unpaired) electrons. The van der Waals surface area contributed by atoms with E-state index < -0.39 is 12.0 Å². The van der Waals surface area contributed by atoms with E-state index in [-0.39, 0.29) is 0 Å². The van der Waals surface area contributed by atoms with E-state index in [1.54, 1.807) is 6.33 Å². The van der Waals surface area contributed by atoms with E-state index in [9.17, 15) is 4.79 Å². The summed E-state index contributed by atoms with van der Waals surface area (Å²) in [4.78, 5) is 10.4. The molecule has 4 N–H and O–H groups in total. The van der Waals surface area contributed by atoms with Crippen molar-refractivity contribution in [3.8, 4) is 0 Å². The van der Waals surface area contributed by atoms with E-state index in [1.165, 1.54) is 0 Å². The number of aryl methyl sites for hydroxylation is 1. The monoisotopic (exact) mass is 227 g/mol. The molecule has 0 aromatic carbocycles. The topological polar surface area (TPSA) is 106 Å². The van der Waals surface area contributed by atoms with Crippen LogP contribution in [0.2, 0.25) is 0 Å². The molecular formula is C9H17N5O2. The van der Waals surface area contributed by atoms with Crippen LogP contribution in [0.25, 0.3) is 0 Å². The Labute approximate surface area is 93.7 Å². The summed E-state index contributed by atoms with van der Waals surface area (Å²) in [6, 6.07) is -0.767. The molecule has 7 heteroatoms. The van der Waals surface area contributed by atoms with Gasteiger partial charge >= 0.3 is 5.97 Å². The summed E-state index contributed by atoms with van der Waals surface area (Å²) in [5, 5.41) is 19.4. The summed E-state index contributed by atoms with van der Waals surface area (Å²) >= 11 is 0. The lowest BCUT2D eigenvalue weighted by molar-refractivity contribution is -0.138. The molecule has 1 aromatic heterocycles. The van der Waals surface area contributed by atoms with E-state index in [2.05, 4.69) is 15.5 Å². The number of carboxylic acids is 1. The lowest BCUT2D eigenvalue weighted by atomic mass is 10.2. The number of nitrogens with one attached hydrogen (secondary N) is 1. The van der Waals surface area contributed by atoms with Gasteiger partial charge in [-0.2, -0.15) is 0 Å². The van der Waals surface area contributed by atoms with Gasteiger partial charge in [-0.1, -0.05) is 0 Å². The number of rotatable bonds is 7. The molecule has 0 spiro atoms. The Morgan fingerprint density at radius 2 is 2.50 bits per heavy atom. The molecule has 90 valence electrons. The molecule has 0 amide bonds. The Kier molecular flexibility index (Phi) is 4.87. The lowest BCUT2D eigenvalue weighted by Crippen LogP contribution is -2.31. The molecular weight excluding hydrogens is 210 g/mol. The van der Waals surface area contributed by atoms with Crippen LogP contribution in [-0.2, 0) is 18.4 Å². The van der Waals surface area contributed by atoms with Crippen molar-refractivity contribution in [1.82, 2.24) is 20.1 Å². The Bertz CT molecular complexity index is 338. The number of nitrogens with zero attached hydrogens (tertiary/aromatic N) is 3. The normalized spacial score (nSPS) is 12.6. The maximum Gasteiger partial charge on any atom is 0.320 e. The zero-order valence-electron chi connectivity index (χ0n) is 9.26. The minimum atomic E-state index is -0.951. The van der Waals surface area contributed by atoms with E-state index in [0.717, 1.165) is 12.2 Å². The minimum Gasteiger partial charge on any atom is -0.480 e. The van der Waals surface area contributed by atoms with Gasteiger partial charge in [0.15, 0.2) is 0 Å². The summed E-state index contributed by atoms with van der Waals surface area (Å²) in [7, 11) is 1.87. The molecule has 1 heterocycles. The molecule has 0 aliphatic heterocycles. The molecule has 1 unspecified atom stereocenters. The maximum absolute atomic E-state index is 10.4. The second-order valence-electron chi connectivity index (χ2n) is 3.62. The Balaban J connectivity index is 2.09. The SMILES string of the molecule is Cn1cnnc1CNCCCC(N)C(=O)O. The average Bonchev–Trinajstić information content (AvgIpc) is 2.63. The van der Waals surface area contributed by atoms with Gasteiger partial charge in [-0.3, -0.25) is 4.79 Å². The van der Waals surface area contributed by atoms with Crippen LogP contribution in [0.4, 0.5) is 0 Å². The predicted octanol–water partition coefficient (Wildman–Crippen LogP) is -0.903. The first-order chi connectivity index (χ1) is 7.61.